The summed E-state index contributed by atoms with van der Waals surface area (Å²) >= 11 is 6.09. The minimum absolute atomic E-state index is 0.0515. The second-order valence-corrected chi connectivity index (χ2v) is 8.24. The second kappa shape index (κ2) is 7.72. The van der Waals surface area contributed by atoms with Gasteiger partial charge in [-0.3, -0.25) is 0 Å². The summed E-state index contributed by atoms with van der Waals surface area (Å²) in [5.74, 6) is -0.421. The van der Waals surface area contributed by atoms with Gasteiger partial charge in [0.25, 0.3) is 0 Å². The molecule has 0 fully saturated rings. The molecule has 0 spiro atoms. The summed E-state index contributed by atoms with van der Waals surface area (Å²) in [4.78, 5) is 0. The first kappa shape index (κ1) is 19.8. The van der Waals surface area contributed by atoms with Crippen LogP contribution in [0.2, 0.25) is 5.02 Å². The van der Waals surface area contributed by atoms with Crippen LogP contribution in [0.4, 0.5) is 0 Å². The zero-order chi connectivity index (χ0) is 21.3. The van der Waals surface area contributed by atoms with Gasteiger partial charge < -0.3 is 5.73 Å². The quantitative estimate of drug-likeness (QED) is 0.723. The van der Waals surface area contributed by atoms with Crippen LogP contribution in [-0.2, 0) is 0 Å². The Balaban J connectivity index is 1.93. The summed E-state index contributed by atoms with van der Waals surface area (Å²) in [5, 5.41) is 30.7. The molecule has 0 saturated heterocycles. The number of nitrogens with zero attached hydrogens (tertiary/aromatic N) is 3. The lowest BCUT2D eigenvalue weighted by Crippen LogP contribution is -2.43. The predicted octanol–water partition coefficient (Wildman–Crippen LogP) is 5.33. The Bertz CT molecular complexity index is 1140. The Morgan fingerprint density at radius 1 is 0.933 bits per heavy atom. The van der Waals surface area contributed by atoms with E-state index in [1.165, 1.54) is 5.56 Å². The lowest BCUT2D eigenvalue weighted by molar-refractivity contribution is 0.303. The van der Waals surface area contributed by atoms with Crippen LogP contribution >= 0.6 is 11.6 Å². The van der Waals surface area contributed by atoms with Crippen LogP contribution < -0.4 is 5.73 Å². The number of benzene rings is 2. The third-order valence-electron chi connectivity index (χ3n) is 6.38. The second-order valence-electron chi connectivity index (χ2n) is 7.81. The van der Waals surface area contributed by atoms with Crippen LogP contribution in [0.15, 0.2) is 77.5 Å². The molecule has 0 radical (unpaired) electrons. The number of nitrogens with two attached hydrogens (primary N) is 1. The molecule has 0 aliphatic heterocycles. The molecule has 2 aromatic rings. The monoisotopic (exact) mass is 410 g/mol. The van der Waals surface area contributed by atoms with E-state index in [1.807, 2.05) is 30.3 Å². The molecule has 3 atom stereocenters. The number of halogens is 1. The van der Waals surface area contributed by atoms with E-state index in [2.05, 4.69) is 36.4 Å². The molecule has 146 valence electrons. The molecule has 0 bridgehead atoms. The van der Waals surface area contributed by atoms with Crippen LogP contribution in [0.1, 0.15) is 35.8 Å². The van der Waals surface area contributed by atoms with Gasteiger partial charge in [0, 0.05) is 10.9 Å². The minimum atomic E-state index is -1.61. The number of fused-ring (bicyclic) bond motifs is 1. The maximum absolute atomic E-state index is 10.1. The molecule has 2 aliphatic rings. The third kappa shape index (κ3) is 2.96. The largest absolute Gasteiger partial charge is 0.399 e. The first-order valence-corrected chi connectivity index (χ1v) is 10.2. The van der Waals surface area contributed by atoms with Crippen molar-refractivity contribution < 1.29 is 0 Å². The Labute approximate surface area is 181 Å². The van der Waals surface area contributed by atoms with Gasteiger partial charge in [-0.2, -0.15) is 15.8 Å². The molecular weight excluding hydrogens is 392 g/mol. The van der Waals surface area contributed by atoms with Gasteiger partial charge in [0.15, 0.2) is 5.41 Å². The van der Waals surface area contributed by atoms with Crippen molar-refractivity contribution in [2.75, 3.05) is 0 Å². The van der Waals surface area contributed by atoms with Gasteiger partial charge in [0.05, 0.1) is 23.4 Å². The van der Waals surface area contributed by atoms with Crippen molar-refractivity contribution in [1.29, 1.82) is 15.8 Å². The lowest BCUT2D eigenvalue weighted by Gasteiger charge is -2.45. The van der Waals surface area contributed by atoms with Gasteiger partial charge in [0.1, 0.15) is 6.07 Å². The van der Waals surface area contributed by atoms with E-state index >= 15 is 0 Å². The van der Waals surface area contributed by atoms with Gasteiger partial charge in [-0.15, -0.1) is 0 Å². The summed E-state index contributed by atoms with van der Waals surface area (Å²) in [6.07, 6.45) is 3.58. The molecule has 0 saturated carbocycles. The van der Waals surface area contributed by atoms with Crippen molar-refractivity contribution in [1.82, 2.24) is 0 Å². The fourth-order valence-corrected chi connectivity index (χ4v) is 5.06. The van der Waals surface area contributed by atoms with E-state index < -0.39 is 11.3 Å². The Hall–Kier alpha value is -3.52. The maximum Gasteiger partial charge on any atom is 0.191 e. The Kier molecular flexibility index (Phi) is 5.09. The lowest BCUT2D eigenvalue weighted by atomic mass is 9.55. The number of allylic oxidation sites excluding steroid dienone is 4. The summed E-state index contributed by atoms with van der Waals surface area (Å²) < 4.78 is 0. The number of hydrogen-bond donors (Lipinski definition) is 1. The highest BCUT2D eigenvalue weighted by atomic mass is 35.5. The molecule has 0 amide bonds. The van der Waals surface area contributed by atoms with Crippen molar-refractivity contribution in [2.45, 2.75) is 24.7 Å². The molecule has 30 heavy (non-hydrogen) atoms. The molecule has 2 aromatic carbocycles. The average molecular weight is 411 g/mol. The first-order valence-electron chi connectivity index (χ1n) is 9.79. The maximum atomic E-state index is 10.1. The van der Waals surface area contributed by atoms with Crippen molar-refractivity contribution in [3.63, 3.8) is 0 Å². The Morgan fingerprint density at radius 2 is 1.60 bits per heavy atom. The normalized spacial score (nSPS) is 24.6. The van der Waals surface area contributed by atoms with Crippen LogP contribution in [-0.4, -0.2) is 0 Å². The molecule has 0 heterocycles. The van der Waals surface area contributed by atoms with Gasteiger partial charge in [-0.1, -0.05) is 60.1 Å². The van der Waals surface area contributed by atoms with Gasteiger partial charge >= 0.3 is 0 Å². The van der Waals surface area contributed by atoms with Crippen LogP contribution in [0.5, 0.6) is 0 Å². The SMILES string of the molecule is N#CC1=C(N)C(C#N)(C#N)[C@@H](c2ccc(Cl)cc2)[C@@H]2C[C@H](c3ccccc3)CC=C12. The summed E-state index contributed by atoms with van der Waals surface area (Å²) in [6, 6.07) is 24.0. The smallest absolute Gasteiger partial charge is 0.191 e. The topological polar surface area (TPSA) is 97.4 Å². The van der Waals surface area contributed by atoms with E-state index in [9.17, 15) is 15.8 Å². The highest BCUT2D eigenvalue weighted by molar-refractivity contribution is 6.30. The fraction of sp³-hybridized carbons (Fsp3) is 0.240. The predicted molar refractivity (Wildman–Crippen MR) is 115 cm³/mol. The summed E-state index contributed by atoms with van der Waals surface area (Å²) in [6.45, 7) is 0. The molecule has 0 aromatic heterocycles. The third-order valence-corrected chi connectivity index (χ3v) is 6.63. The highest BCUT2D eigenvalue weighted by Gasteiger charge is 2.54. The standard InChI is InChI=1S/C25H19ClN4/c26-19-9-6-17(7-10-19)23-21-12-18(16-4-2-1-3-5-16)8-11-20(21)22(13-27)24(30)25(23,14-28)15-29/h1-7,9-11,18,21,23H,8,12,30H2/t18-,21-,23+/m1/s1. The first-order chi connectivity index (χ1) is 14.6. The molecular formula is C25H19ClN4. The van der Waals surface area contributed by atoms with Crippen molar-refractivity contribution in [3.05, 3.63) is 93.7 Å². The van der Waals surface area contributed by atoms with E-state index in [0.717, 1.165) is 24.0 Å². The van der Waals surface area contributed by atoms with E-state index in [0.29, 0.717) is 5.02 Å². The summed E-state index contributed by atoms with van der Waals surface area (Å²) in [5.41, 5.74) is 7.95. The number of nitriles is 3. The van der Waals surface area contributed by atoms with E-state index in [-0.39, 0.29) is 23.1 Å². The van der Waals surface area contributed by atoms with Gasteiger partial charge in [0.2, 0.25) is 0 Å². The van der Waals surface area contributed by atoms with Crippen molar-refractivity contribution in [2.24, 2.45) is 17.1 Å². The van der Waals surface area contributed by atoms with E-state index in [1.54, 1.807) is 12.1 Å². The zero-order valence-electron chi connectivity index (χ0n) is 16.2. The summed E-state index contributed by atoms with van der Waals surface area (Å²) in [7, 11) is 0. The molecule has 2 N–H and O–H groups in total. The molecule has 2 aliphatic carbocycles. The van der Waals surface area contributed by atoms with Crippen LogP contribution in [0.3, 0.4) is 0 Å². The van der Waals surface area contributed by atoms with Crippen LogP contribution in [0, 0.1) is 45.3 Å². The zero-order valence-corrected chi connectivity index (χ0v) is 17.0. The van der Waals surface area contributed by atoms with Crippen molar-refractivity contribution in [3.8, 4) is 18.2 Å². The number of hydrogen-bond acceptors (Lipinski definition) is 4. The minimum Gasteiger partial charge on any atom is -0.399 e. The van der Waals surface area contributed by atoms with Crippen LogP contribution in [0.25, 0.3) is 0 Å². The fourth-order valence-electron chi connectivity index (χ4n) is 4.93. The van der Waals surface area contributed by atoms with Gasteiger partial charge in [-0.25, -0.2) is 0 Å². The Morgan fingerprint density at radius 3 is 2.20 bits per heavy atom. The highest BCUT2D eigenvalue weighted by Crippen LogP contribution is 2.57. The number of rotatable bonds is 2. The molecule has 0 unspecified atom stereocenters. The average Bonchev–Trinajstić information content (AvgIpc) is 2.79. The van der Waals surface area contributed by atoms with Crippen molar-refractivity contribution >= 4 is 11.6 Å². The molecule has 4 rings (SSSR count). The molecule has 5 heteroatoms. The van der Waals surface area contributed by atoms with Gasteiger partial charge in [-0.05, 0) is 53.5 Å². The van der Waals surface area contributed by atoms with E-state index in [4.69, 9.17) is 17.3 Å². The molecule has 4 nitrogen and oxygen atoms in total.